The number of likely N-dealkylation sites (tertiary alicyclic amines) is 1. The first-order valence-electron chi connectivity index (χ1n) is 8.34. The van der Waals surface area contributed by atoms with Gasteiger partial charge in [0.05, 0.1) is 18.2 Å². The van der Waals surface area contributed by atoms with Gasteiger partial charge in [-0.15, -0.1) is 21.5 Å². The summed E-state index contributed by atoms with van der Waals surface area (Å²) in [6, 6.07) is 9.93. The number of amides is 1. The van der Waals surface area contributed by atoms with Gasteiger partial charge in [0.15, 0.2) is 5.82 Å². The molecule has 0 aliphatic carbocycles. The molecule has 4 rings (SSSR count). The average molecular weight is 354 g/mol. The minimum atomic E-state index is -0.0905. The average Bonchev–Trinajstić information content (AvgIpc) is 3.34. The number of rotatable bonds is 4. The number of tetrazole rings is 1. The van der Waals surface area contributed by atoms with Crippen LogP contribution in [0.5, 0.6) is 0 Å². The summed E-state index contributed by atoms with van der Waals surface area (Å²) >= 11 is 1.57. The highest BCUT2D eigenvalue weighted by molar-refractivity contribution is 7.13. The third-order valence-corrected chi connectivity index (χ3v) is 5.33. The number of hydrogen-bond donors (Lipinski definition) is 1. The predicted molar refractivity (Wildman–Crippen MR) is 93.7 cm³/mol. The molecule has 3 aromatic rings. The molecule has 128 valence electrons. The van der Waals surface area contributed by atoms with Gasteiger partial charge in [0, 0.05) is 17.5 Å². The van der Waals surface area contributed by atoms with E-state index in [9.17, 15) is 4.79 Å². The molecular weight excluding hydrogens is 336 g/mol. The van der Waals surface area contributed by atoms with Crippen LogP contribution in [0.1, 0.15) is 36.8 Å². The molecule has 0 spiro atoms. The highest BCUT2D eigenvalue weighted by Crippen LogP contribution is 2.29. The monoisotopic (exact) mass is 354 g/mol. The van der Waals surface area contributed by atoms with Crippen LogP contribution in [-0.2, 0) is 11.2 Å². The van der Waals surface area contributed by atoms with E-state index in [2.05, 4.69) is 25.6 Å². The standard InChI is InChI=1S/C17H18N6OS/c24-15(23-9-5-4-8-14(23)16-19-21-22-20-16)10-13-11-25-17(18-13)12-6-2-1-3-7-12/h1-3,6-7,11,14H,4-5,8-10H2,(H,19,20,21,22). The molecule has 1 unspecified atom stereocenters. The fourth-order valence-electron chi connectivity index (χ4n) is 3.17. The van der Waals surface area contributed by atoms with Crippen molar-refractivity contribution in [1.82, 2.24) is 30.5 Å². The lowest BCUT2D eigenvalue weighted by Crippen LogP contribution is -2.40. The van der Waals surface area contributed by atoms with Gasteiger partial charge in [0.1, 0.15) is 5.01 Å². The van der Waals surface area contributed by atoms with Crippen molar-refractivity contribution in [2.75, 3.05) is 6.54 Å². The molecule has 1 amide bonds. The van der Waals surface area contributed by atoms with Crippen LogP contribution in [0.25, 0.3) is 10.6 Å². The highest BCUT2D eigenvalue weighted by Gasteiger charge is 2.31. The molecule has 0 radical (unpaired) electrons. The van der Waals surface area contributed by atoms with Crippen LogP contribution in [0.15, 0.2) is 35.7 Å². The van der Waals surface area contributed by atoms with E-state index in [4.69, 9.17) is 0 Å². The topological polar surface area (TPSA) is 87.7 Å². The maximum Gasteiger partial charge on any atom is 0.229 e. The number of hydrogen-bond acceptors (Lipinski definition) is 6. The Morgan fingerprint density at radius 1 is 1.28 bits per heavy atom. The Morgan fingerprint density at radius 2 is 2.16 bits per heavy atom. The molecule has 0 bridgehead atoms. The molecule has 1 N–H and O–H groups in total. The first-order valence-corrected chi connectivity index (χ1v) is 9.22. The Balaban J connectivity index is 1.48. The number of nitrogens with one attached hydrogen (secondary N) is 1. The number of aromatic nitrogens is 5. The van der Waals surface area contributed by atoms with Crippen LogP contribution in [0, 0.1) is 0 Å². The third-order valence-electron chi connectivity index (χ3n) is 4.39. The smallest absolute Gasteiger partial charge is 0.229 e. The maximum absolute atomic E-state index is 12.8. The van der Waals surface area contributed by atoms with Crippen LogP contribution in [0.2, 0.25) is 0 Å². The van der Waals surface area contributed by atoms with E-state index < -0.39 is 0 Å². The van der Waals surface area contributed by atoms with Gasteiger partial charge in [-0.2, -0.15) is 5.21 Å². The normalized spacial score (nSPS) is 17.6. The van der Waals surface area contributed by atoms with Gasteiger partial charge in [-0.25, -0.2) is 4.98 Å². The highest BCUT2D eigenvalue weighted by atomic mass is 32.1. The first-order chi connectivity index (χ1) is 12.3. The molecule has 1 atom stereocenters. The molecule has 1 fully saturated rings. The van der Waals surface area contributed by atoms with Crippen molar-refractivity contribution >= 4 is 17.2 Å². The van der Waals surface area contributed by atoms with Gasteiger partial charge < -0.3 is 4.90 Å². The number of H-pyrrole nitrogens is 1. The lowest BCUT2D eigenvalue weighted by molar-refractivity contribution is -0.134. The zero-order chi connectivity index (χ0) is 17.1. The fraction of sp³-hybridized carbons (Fsp3) is 0.353. The molecule has 0 saturated carbocycles. The van der Waals surface area contributed by atoms with Gasteiger partial charge in [0.25, 0.3) is 0 Å². The molecule has 1 saturated heterocycles. The van der Waals surface area contributed by atoms with Crippen LogP contribution in [0.3, 0.4) is 0 Å². The summed E-state index contributed by atoms with van der Waals surface area (Å²) in [5.74, 6) is 0.663. The summed E-state index contributed by atoms with van der Waals surface area (Å²) in [5.41, 5.74) is 1.89. The van der Waals surface area contributed by atoms with E-state index in [1.165, 1.54) is 0 Å². The van der Waals surface area contributed by atoms with Crippen LogP contribution in [-0.4, -0.2) is 43.0 Å². The molecule has 8 heteroatoms. The number of carbonyl (C=O) groups excluding carboxylic acids is 1. The Kier molecular flexibility index (Phi) is 4.51. The van der Waals surface area contributed by atoms with Crippen molar-refractivity contribution in [3.63, 3.8) is 0 Å². The first kappa shape index (κ1) is 15.9. The van der Waals surface area contributed by atoms with Gasteiger partial charge in [-0.1, -0.05) is 35.5 Å². The largest absolute Gasteiger partial charge is 0.332 e. The zero-order valence-electron chi connectivity index (χ0n) is 13.6. The van der Waals surface area contributed by atoms with Crippen LogP contribution in [0.4, 0.5) is 0 Å². The summed E-state index contributed by atoms with van der Waals surface area (Å²) in [4.78, 5) is 19.3. The Labute approximate surface area is 149 Å². The van der Waals surface area contributed by atoms with Gasteiger partial charge in [-0.3, -0.25) is 4.79 Å². The fourth-order valence-corrected chi connectivity index (χ4v) is 3.99. The molecule has 25 heavy (non-hydrogen) atoms. The second-order valence-corrected chi connectivity index (χ2v) is 6.91. The number of aromatic amines is 1. The number of piperidine rings is 1. The van der Waals surface area contributed by atoms with E-state index in [0.29, 0.717) is 12.2 Å². The molecule has 2 aromatic heterocycles. The van der Waals surface area contributed by atoms with Crippen molar-refractivity contribution in [2.45, 2.75) is 31.7 Å². The van der Waals surface area contributed by atoms with Crippen LogP contribution < -0.4 is 0 Å². The summed E-state index contributed by atoms with van der Waals surface area (Å²) in [5, 5.41) is 17.2. The quantitative estimate of drug-likeness (QED) is 0.778. The third kappa shape index (κ3) is 3.43. The lowest BCUT2D eigenvalue weighted by atomic mass is 10.0. The molecule has 1 aliphatic rings. The van der Waals surface area contributed by atoms with Crippen molar-refractivity contribution < 1.29 is 4.79 Å². The van der Waals surface area contributed by atoms with Crippen molar-refractivity contribution in [1.29, 1.82) is 0 Å². The summed E-state index contributed by atoms with van der Waals surface area (Å²) < 4.78 is 0. The second kappa shape index (κ2) is 7.10. The molecular formula is C17H18N6OS. The van der Waals surface area contributed by atoms with Crippen LogP contribution >= 0.6 is 11.3 Å². The van der Waals surface area contributed by atoms with Gasteiger partial charge in [0.2, 0.25) is 5.91 Å². The van der Waals surface area contributed by atoms with E-state index in [-0.39, 0.29) is 11.9 Å². The van der Waals surface area contributed by atoms with Crippen molar-refractivity contribution in [3.05, 3.63) is 47.2 Å². The summed E-state index contributed by atoms with van der Waals surface area (Å²) in [7, 11) is 0. The van der Waals surface area contributed by atoms with E-state index in [0.717, 1.165) is 42.1 Å². The number of benzene rings is 1. The summed E-state index contributed by atoms with van der Waals surface area (Å²) in [6.07, 6.45) is 3.25. The Morgan fingerprint density at radius 3 is 2.96 bits per heavy atom. The number of thiazole rings is 1. The molecule has 1 aromatic carbocycles. The molecule has 7 nitrogen and oxygen atoms in total. The maximum atomic E-state index is 12.8. The number of nitrogens with zero attached hydrogens (tertiary/aromatic N) is 5. The van der Waals surface area contributed by atoms with Crippen molar-refractivity contribution in [3.8, 4) is 10.6 Å². The summed E-state index contributed by atoms with van der Waals surface area (Å²) in [6.45, 7) is 0.730. The number of carbonyl (C=O) groups is 1. The molecule has 3 heterocycles. The van der Waals surface area contributed by atoms with E-state index in [1.807, 2.05) is 40.6 Å². The molecule has 1 aliphatic heterocycles. The van der Waals surface area contributed by atoms with Gasteiger partial charge >= 0.3 is 0 Å². The predicted octanol–water partition coefficient (Wildman–Crippen LogP) is 2.62. The van der Waals surface area contributed by atoms with Crippen molar-refractivity contribution in [2.24, 2.45) is 0 Å². The van der Waals surface area contributed by atoms with E-state index >= 15 is 0 Å². The minimum Gasteiger partial charge on any atom is -0.332 e. The SMILES string of the molecule is O=C(Cc1csc(-c2ccccc2)n1)N1CCCCC1c1nn[nH]n1. The second-order valence-electron chi connectivity index (χ2n) is 6.06. The lowest BCUT2D eigenvalue weighted by Gasteiger charge is -2.33. The van der Waals surface area contributed by atoms with E-state index in [1.54, 1.807) is 11.3 Å². The van der Waals surface area contributed by atoms with Gasteiger partial charge in [-0.05, 0) is 19.3 Å². The zero-order valence-corrected chi connectivity index (χ0v) is 14.4. The minimum absolute atomic E-state index is 0.0689. The Hall–Kier alpha value is -2.61. The Bertz CT molecular complexity index is 832.